The summed E-state index contributed by atoms with van der Waals surface area (Å²) in [6.45, 7) is 10.4. The molecule has 0 spiro atoms. The van der Waals surface area contributed by atoms with Crippen molar-refractivity contribution in [3.8, 4) is 0 Å². The SMILES string of the molecule is [C-]#[N+]CCOP(=O)(OCCCOCCCCCCCCCCCCCCCC)OC[C@H]1O[C@@H](N2C=CC(=O)CC2=O)[C@](C)(F)[C@@H]1O. The molecule has 0 saturated carbocycles. The molecule has 1 N–H and O–H groups in total. The molecule has 13 heteroatoms. The van der Waals surface area contributed by atoms with Crippen LogP contribution in [0.25, 0.3) is 4.85 Å². The molecule has 264 valence electrons. The van der Waals surface area contributed by atoms with Gasteiger partial charge in [0.1, 0.15) is 18.8 Å². The lowest BCUT2D eigenvalue weighted by molar-refractivity contribution is -0.150. The first-order chi connectivity index (χ1) is 22.1. The van der Waals surface area contributed by atoms with E-state index in [1.807, 2.05) is 0 Å². The van der Waals surface area contributed by atoms with Gasteiger partial charge < -0.3 is 19.4 Å². The van der Waals surface area contributed by atoms with Gasteiger partial charge in [-0.3, -0.25) is 28.1 Å². The monoisotopic (exact) mass is 674 g/mol. The third-order valence-corrected chi connectivity index (χ3v) is 9.64. The second kappa shape index (κ2) is 22.8. The zero-order chi connectivity index (χ0) is 33.7. The maximum Gasteiger partial charge on any atom is 0.475 e. The van der Waals surface area contributed by atoms with Gasteiger partial charge in [-0.25, -0.2) is 15.5 Å². The number of alkyl halides is 1. The first kappa shape index (κ1) is 40.5. The largest absolute Gasteiger partial charge is 0.475 e. The summed E-state index contributed by atoms with van der Waals surface area (Å²) in [6, 6.07) is 0. The van der Waals surface area contributed by atoms with Crippen LogP contribution in [0.1, 0.15) is 117 Å². The number of unbranched alkanes of at least 4 members (excludes halogenated alkanes) is 13. The van der Waals surface area contributed by atoms with Crippen LogP contribution in [0.3, 0.4) is 0 Å². The summed E-state index contributed by atoms with van der Waals surface area (Å²) in [5.41, 5.74) is -2.41. The van der Waals surface area contributed by atoms with Gasteiger partial charge in [0.2, 0.25) is 12.5 Å². The van der Waals surface area contributed by atoms with Gasteiger partial charge in [0, 0.05) is 19.4 Å². The Labute approximate surface area is 274 Å². The summed E-state index contributed by atoms with van der Waals surface area (Å²) in [5, 5.41) is 10.6. The van der Waals surface area contributed by atoms with Crippen LogP contribution in [0.5, 0.6) is 0 Å². The van der Waals surface area contributed by atoms with E-state index in [4.69, 9.17) is 29.6 Å². The van der Waals surface area contributed by atoms with Crippen molar-refractivity contribution in [2.45, 2.75) is 141 Å². The summed E-state index contributed by atoms with van der Waals surface area (Å²) in [5.74, 6) is -1.09. The molecule has 2 heterocycles. The average molecular weight is 675 g/mol. The van der Waals surface area contributed by atoms with Crippen molar-refractivity contribution in [1.29, 1.82) is 0 Å². The van der Waals surface area contributed by atoms with Gasteiger partial charge in [-0.2, -0.15) is 0 Å². The van der Waals surface area contributed by atoms with E-state index in [9.17, 15) is 19.3 Å². The molecule has 11 nitrogen and oxygen atoms in total. The maximum absolute atomic E-state index is 15.5. The van der Waals surface area contributed by atoms with Crippen LogP contribution in [0.4, 0.5) is 4.39 Å². The second-order valence-corrected chi connectivity index (χ2v) is 13.9. The molecule has 2 aliphatic heterocycles. The number of hydrogen-bond donors (Lipinski definition) is 1. The third kappa shape index (κ3) is 15.0. The minimum atomic E-state index is -4.19. The number of halogens is 1. The van der Waals surface area contributed by atoms with E-state index in [1.165, 1.54) is 77.0 Å². The number of aliphatic hydroxyl groups excluding tert-OH is 1. The Morgan fingerprint density at radius 2 is 1.50 bits per heavy atom. The first-order valence-corrected chi connectivity index (χ1v) is 18.6. The molecule has 46 heavy (non-hydrogen) atoms. The number of aliphatic hydroxyl groups is 1. The summed E-state index contributed by atoms with van der Waals surface area (Å²) in [6.07, 6.45) is 15.8. The van der Waals surface area contributed by atoms with Crippen LogP contribution in [-0.4, -0.2) is 85.4 Å². The Kier molecular flexibility index (Phi) is 20.0. The van der Waals surface area contributed by atoms with E-state index in [0.717, 1.165) is 36.9 Å². The minimum Gasteiger partial charge on any atom is -0.387 e. The predicted molar refractivity (Wildman–Crippen MR) is 172 cm³/mol. The van der Waals surface area contributed by atoms with E-state index < -0.39 is 56.6 Å². The van der Waals surface area contributed by atoms with Gasteiger partial charge in [-0.15, -0.1) is 0 Å². The number of hydrogen-bond acceptors (Lipinski definition) is 9. The van der Waals surface area contributed by atoms with Crippen molar-refractivity contribution in [2.24, 2.45) is 0 Å². The summed E-state index contributed by atoms with van der Waals surface area (Å²) in [7, 11) is -4.19. The Morgan fingerprint density at radius 3 is 2.09 bits per heavy atom. The second-order valence-electron chi connectivity index (χ2n) is 12.2. The highest BCUT2D eigenvalue weighted by atomic mass is 31.2. The van der Waals surface area contributed by atoms with E-state index in [2.05, 4.69) is 11.8 Å². The maximum atomic E-state index is 15.5. The van der Waals surface area contributed by atoms with Crippen LogP contribution in [0, 0.1) is 6.57 Å². The zero-order valence-corrected chi connectivity index (χ0v) is 28.8. The quantitative estimate of drug-likeness (QED) is 0.0421. The van der Waals surface area contributed by atoms with Crippen molar-refractivity contribution >= 4 is 19.5 Å². The number of carbonyl (C=O) groups excluding carboxylic acids is 2. The smallest absolute Gasteiger partial charge is 0.387 e. The number of rotatable bonds is 27. The Morgan fingerprint density at radius 1 is 0.935 bits per heavy atom. The van der Waals surface area contributed by atoms with Gasteiger partial charge in [-0.05, 0) is 25.8 Å². The highest BCUT2D eigenvalue weighted by molar-refractivity contribution is 7.48. The first-order valence-electron chi connectivity index (χ1n) is 17.1. The van der Waals surface area contributed by atoms with E-state index in [-0.39, 0.29) is 19.8 Å². The molecule has 0 aromatic carbocycles. The molecular formula is C33H56FN2O9P. The van der Waals surface area contributed by atoms with Crippen LogP contribution in [-0.2, 0) is 37.2 Å². The number of phosphoric acid groups is 1. The Balaban J connectivity index is 1.61. The molecule has 1 fully saturated rings. The number of ether oxygens (including phenoxy) is 2. The lowest BCUT2D eigenvalue weighted by Gasteiger charge is -2.32. The molecule has 1 unspecified atom stereocenters. The summed E-state index contributed by atoms with van der Waals surface area (Å²) in [4.78, 5) is 27.9. The van der Waals surface area contributed by atoms with Gasteiger partial charge >= 0.3 is 7.82 Å². The summed E-state index contributed by atoms with van der Waals surface area (Å²) >= 11 is 0. The molecule has 0 aromatic rings. The van der Waals surface area contributed by atoms with Gasteiger partial charge in [0.15, 0.2) is 17.7 Å². The number of carbonyl (C=O) groups is 2. The Bertz CT molecular complexity index is 1010. The zero-order valence-electron chi connectivity index (χ0n) is 27.9. The minimum absolute atomic E-state index is 0.00727. The molecule has 0 aromatic heterocycles. The lowest BCUT2D eigenvalue weighted by atomic mass is 9.97. The fourth-order valence-corrected chi connectivity index (χ4v) is 6.63. The van der Waals surface area contributed by atoms with Gasteiger partial charge in [0.25, 0.3) is 0 Å². The van der Waals surface area contributed by atoms with Crippen LogP contribution >= 0.6 is 7.82 Å². The molecule has 2 aliphatic rings. The topological polar surface area (TPSA) is 125 Å². The molecule has 1 saturated heterocycles. The van der Waals surface area contributed by atoms with E-state index in [1.54, 1.807) is 0 Å². The summed E-state index contributed by atoms with van der Waals surface area (Å²) < 4.78 is 56.0. The third-order valence-electron chi connectivity index (χ3n) is 8.18. The van der Waals surface area contributed by atoms with Crippen LogP contribution in [0.2, 0.25) is 0 Å². The predicted octanol–water partition coefficient (Wildman–Crippen LogP) is 7.08. The van der Waals surface area contributed by atoms with E-state index in [0.29, 0.717) is 19.6 Å². The molecule has 0 radical (unpaired) electrons. The van der Waals surface area contributed by atoms with Crippen LogP contribution in [0.15, 0.2) is 12.3 Å². The lowest BCUT2D eigenvalue weighted by Crippen LogP contribution is -2.51. The normalized spacial score (nSPS) is 24.4. The number of ketones is 1. The van der Waals surface area contributed by atoms with Crippen molar-refractivity contribution in [3.05, 3.63) is 23.7 Å². The van der Waals surface area contributed by atoms with Gasteiger partial charge in [-0.1, -0.05) is 90.4 Å². The van der Waals surface area contributed by atoms with Crippen molar-refractivity contribution in [2.75, 3.05) is 39.6 Å². The number of allylic oxidation sites excluding steroid dienone is 1. The van der Waals surface area contributed by atoms with Gasteiger partial charge in [0.05, 0.1) is 19.6 Å². The molecule has 0 aliphatic carbocycles. The molecular weight excluding hydrogens is 618 g/mol. The number of phosphoric ester groups is 1. The highest BCUT2D eigenvalue weighted by Gasteiger charge is 2.57. The Hall–Kier alpha value is -1.71. The highest BCUT2D eigenvalue weighted by Crippen LogP contribution is 2.50. The standard InChI is InChI=1S/C33H56FN2O9P/c1-4-5-6-7-8-9-10-11-12-13-14-15-16-17-22-41-23-18-24-42-46(40,43-25-20-35-3)44-27-29-31(39)33(2,34)32(45-29)36-21-19-28(37)26-30(36)38/h19,21,29,31-32,39H,4-18,20,22-27H2,1-2H3/t29-,31-,32-,33-,46?/m1/s1. The van der Waals surface area contributed by atoms with Crippen molar-refractivity contribution in [3.63, 3.8) is 0 Å². The van der Waals surface area contributed by atoms with Crippen LogP contribution < -0.4 is 0 Å². The molecule has 0 bridgehead atoms. The van der Waals surface area contributed by atoms with Crippen molar-refractivity contribution < 1.29 is 46.7 Å². The molecule has 5 atom stereocenters. The van der Waals surface area contributed by atoms with Crippen molar-refractivity contribution in [1.82, 2.24) is 4.90 Å². The fraction of sp³-hybridized carbons (Fsp3) is 0.848. The number of nitrogens with zero attached hydrogens (tertiary/aromatic N) is 2. The molecule has 1 amide bonds. The molecule has 2 rings (SSSR count). The fourth-order valence-electron chi connectivity index (χ4n) is 5.42. The average Bonchev–Trinajstić information content (AvgIpc) is 3.25. The van der Waals surface area contributed by atoms with E-state index >= 15 is 4.39 Å². The number of amides is 1.